The second-order valence-corrected chi connectivity index (χ2v) is 10.5. The maximum Gasteiger partial charge on any atom is 0.277 e. The van der Waals surface area contributed by atoms with Gasteiger partial charge in [0.25, 0.3) is 11.8 Å². The molecule has 2 aromatic carbocycles. The molecule has 1 aliphatic rings. The van der Waals surface area contributed by atoms with Crippen LogP contribution in [-0.4, -0.2) is 47.6 Å². The smallest absolute Gasteiger partial charge is 0.277 e. The SMILES string of the molecule is C=CCCCCC(=O)N1CN(C)C(=O)c2c(OCc3ccccc3)c(=O)c(C(=O)NCc3ccc(F)cc3OCCC=C)cn21. The van der Waals surface area contributed by atoms with Crippen molar-refractivity contribution >= 4 is 17.7 Å². The standard InChI is InChI=1S/C34H37FN4O6/c1-4-6-8-12-15-29(40)39-23-37(3)34(43)30-32(45-22-24-13-10-9-11-14-24)31(41)27(21-38(30)39)33(42)36-20-25-16-17-26(35)19-28(25)44-18-7-5-2/h4-5,9-11,13-14,16-17,19,21H,1-2,6-8,12,15,18,20,22-23H2,3H3,(H,36,42). The van der Waals surface area contributed by atoms with Gasteiger partial charge in [0.15, 0.2) is 11.4 Å². The Kier molecular flexibility index (Phi) is 11.3. The van der Waals surface area contributed by atoms with Crippen molar-refractivity contribution < 1.29 is 28.2 Å². The molecular weight excluding hydrogens is 579 g/mol. The Bertz CT molecular complexity index is 1620. The van der Waals surface area contributed by atoms with Crippen LogP contribution in [0.3, 0.4) is 0 Å². The summed E-state index contributed by atoms with van der Waals surface area (Å²) >= 11 is 0. The predicted octanol–water partition coefficient (Wildman–Crippen LogP) is 4.71. The molecule has 0 atom stereocenters. The first kappa shape index (κ1) is 32.7. The van der Waals surface area contributed by atoms with Gasteiger partial charge >= 0.3 is 0 Å². The highest BCUT2D eigenvalue weighted by atomic mass is 19.1. The van der Waals surface area contributed by atoms with E-state index >= 15 is 0 Å². The van der Waals surface area contributed by atoms with Crippen molar-refractivity contribution in [1.82, 2.24) is 14.9 Å². The molecule has 45 heavy (non-hydrogen) atoms. The summed E-state index contributed by atoms with van der Waals surface area (Å²) in [4.78, 5) is 55.5. The van der Waals surface area contributed by atoms with Crippen molar-refractivity contribution in [2.75, 3.05) is 25.3 Å². The predicted molar refractivity (Wildman–Crippen MR) is 168 cm³/mol. The zero-order chi connectivity index (χ0) is 32.3. The minimum Gasteiger partial charge on any atom is -0.493 e. The van der Waals surface area contributed by atoms with Gasteiger partial charge in [-0.3, -0.25) is 19.2 Å². The minimum atomic E-state index is -0.807. The van der Waals surface area contributed by atoms with Crippen LogP contribution in [0.15, 0.2) is 84.8 Å². The molecular formula is C34H37FN4O6. The lowest BCUT2D eigenvalue weighted by molar-refractivity contribution is -0.120. The Morgan fingerprint density at radius 1 is 1.02 bits per heavy atom. The van der Waals surface area contributed by atoms with Gasteiger partial charge in [-0.2, -0.15) is 0 Å². The first-order valence-corrected chi connectivity index (χ1v) is 14.7. The van der Waals surface area contributed by atoms with E-state index in [1.54, 1.807) is 36.4 Å². The number of unbranched alkanes of at least 4 members (excludes halogenated alkanes) is 2. The van der Waals surface area contributed by atoms with Gasteiger partial charge in [0, 0.05) is 37.8 Å². The topological polar surface area (TPSA) is 110 Å². The van der Waals surface area contributed by atoms with E-state index in [1.807, 2.05) is 6.07 Å². The molecule has 1 N–H and O–H groups in total. The normalized spacial score (nSPS) is 12.4. The number of hydrogen-bond acceptors (Lipinski definition) is 6. The lowest BCUT2D eigenvalue weighted by Gasteiger charge is -2.37. The number of rotatable bonds is 15. The molecule has 236 valence electrons. The fourth-order valence-electron chi connectivity index (χ4n) is 4.73. The Hall–Kier alpha value is -5.19. The first-order chi connectivity index (χ1) is 21.7. The van der Waals surface area contributed by atoms with Crippen LogP contribution in [0.1, 0.15) is 64.1 Å². The fraction of sp³-hybridized carbons (Fsp3) is 0.294. The number of benzene rings is 2. The van der Waals surface area contributed by atoms with E-state index in [0.29, 0.717) is 18.4 Å². The van der Waals surface area contributed by atoms with E-state index in [4.69, 9.17) is 9.47 Å². The molecule has 4 rings (SSSR count). The fourth-order valence-corrected chi connectivity index (χ4v) is 4.73. The summed E-state index contributed by atoms with van der Waals surface area (Å²) in [5, 5.41) is 4.01. The van der Waals surface area contributed by atoms with E-state index in [-0.39, 0.29) is 61.5 Å². The number of ether oxygens (including phenoxy) is 2. The number of halogens is 1. The molecule has 0 unspecified atom stereocenters. The van der Waals surface area contributed by atoms with Crippen LogP contribution >= 0.6 is 0 Å². The maximum absolute atomic E-state index is 13.9. The molecule has 0 spiro atoms. The van der Waals surface area contributed by atoms with E-state index in [2.05, 4.69) is 18.5 Å². The van der Waals surface area contributed by atoms with Crippen molar-refractivity contribution in [2.24, 2.45) is 0 Å². The van der Waals surface area contributed by atoms with Crippen LogP contribution in [-0.2, 0) is 17.9 Å². The van der Waals surface area contributed by atoms with Crippen LogP contribution in [0.25, 0.3) is 0 Å². The number of aromatic nitrogens is 1. The molecule has 0 saturated carbocycles. The molecule has 1 aromatic heterocycles. The van der Waals surface area contributed by atoms with Crippen molar-refractivity contribution in [3.8, 4) is 11.5 Å². The van der Waals surface area contributed by atoms with Gasteiger partial charge in [0.05, 0.1) is 6.61 Å². The largest absolute Gasteiger partial charge is 0.493 e. The van der Waals surface area contributed by atoms with Gasteiger partial charge in [-0.25, -0.2) is 14.1 Å². The summed E-state index contributed by atoms with van der Waals surface area (Å²) < 4.78 is 26.8. The zero-order valence-corrected chi connectivity index (χ0v) is 25.3. The van der Waals surface area contributed by atoms with Gasteiger partial charge in [0.2, 0.25) is 11.3 Å². The van der Waals surface area contributed by atoms with Crippen molar-refractivity contribution in [1.29, 1.82) is 0 Å². The number of hydrogen-bond donors (Lipinski definition) is 1. The summed E-state index contributed by atoms with van der Waals surface area (Å²) in [6.45, 7) is 7.39. The van der Waals surface area contributed by atoms with Crippen LogP contribution in [0.2, 0.25) is 0 Å². The monoisotopic (exact) mass is 616 g/mol. The summed E-state index contributed by atoms with van der Waals surface area (Å²) in [6.07, 6.45) is 7.47. The van der Waals surface area contributed by atoms with Crippen LogP contribution < -0.4 is 25.2 Å². The average Bonchev–Trinajstić information content (AvgIpc) is 3.04. The Morgan fingerprint density at radius 2 is 1.78 bits per heavy atom. The highest BCUT2D eigenvalue weighted by molar-refractivity contribution is 6.01. The second-order valence-electron chi connectivity index (χ2n) is 10.5. The van der Waals surface area contributed by atoms with Crippen LogP contribution in [0, 0.1) is 5.82 Å². The molecule has 0 bridgehead atoms. The highest BCUT2D eigenvalue weighted by Gasteiger charge is 2.36. The number of fused-ring (bicyclic) bond motifs is 1. The molecule has 0 radical (unpaired) electrons. The van der Waals surface area contributed by atoms with Gasteiger partial charge in [0.1, 0.15) is 30.4 Å². The van der Waals surface area contributed by atoms with Crippen LogP contribution in [0.4, 0.5) is 4.39 Å². The molecule has 1 aliphatic heterocycles. The molecule has 0 saturated heterocycles. The van der Waals surface area contributed by atoms with Gasteiger partial charge in [-0.1, -0.05) is 48.6 Å². The van der Waals surface area contributed by atoms with Crippen molar-refractivity contribution in [2.45, 2.75) is 45.3 Å². The Morgan fingerprint density at radius 3 is 2.51 bits per heavy atom. The van der Waals surface area contributed by atoms with Gasteiger partial charge < -0.3 is 19.7 Å². The average molecular weight is 617 g/mol. The third kappa shape index (κ3) is 8.05. The summed E-state index contributed by atoms with van der Waals surface area (Å²) in [5.41, 5.74) is -0.0756. The number of pyridine rings is 1. The van der Waals surface area contributed by atoms with Crippen molar-refractivity contribution in [3.05, 3.63) is 118 Å². The second kappa shape index (κ2) is 15.5. The van der Waals surface area contributed by atoms with E-state index in [9.17, 15) is 23.6 Å². The Labute approximate surface area is 261 Å². The number of nitrogens with zero attached hydrogens (tertiary/aromatic N) is 3. The lowest BCUT2D eigenvalue weighted by Crippen LogP contribution is -2.55. The van der Waals surface area contributed by atoms with Gasteiger partial charge in [-0.15, -0.1) is 13.2 Å². The molecule has 3 amide bonds. The maximum atomic E-state index is 13.9. The van der Waals surface area contributed by atoms with E-state index in [1.165, 1.54) is 46.0 Å². The first-order valence-electron chi connectivity index (χ1n) is 14.7. The third-order valence-corrected chi connectivity index (χ3v) is 7.16. The summed E-state index contributed by atoms with van der Waals surface area (Å²) in [5.74, 6) is -2.21. The van der Waals surface area contributed by atoms with Crippen LogP contribution in [0.5, 0.6) is 11.5 Å². The minimum absolute atomic E-state index is 0.0539. The molecule has 2 heterocycles. The quantitative estimate of drug-likeness (QED) is 0.196. The zero-order valence-electron chi connectivity index (χ0n) is 25.3. The molecule has 3 aromatic rings. The third-order valence-electron chi connectivity index (χ3n) is 7.16. The number of amides is 3. The molecule has 0 fully saturated rings. The molecule has 10 nitrogen and oxygen atoms in total. The molecule has 0 aliphatic carbocycles. The Balaban J connectivity index is 1.70. The van der Waals surface area contributed by atoms with Gasteiger partial charge in [-0.05, 0) is 37.3 Å². The summed E-state index contributed by atoms with van der Waals surface area (Å²) in [6, 6.07) is 13.0. The van der Waals surface area contributed by atoms with Crippen molar-refractivity contribution in [3.63, 3.8) is 0 Å². The highest BCUT2D eigenvalue weighted by Crippen LogP contribution is 2.24. The molecule has 11 heteroatoms. The number of nitrogens with one attached hydrogen (secondary N) is 1. The van der Waals surface area contributed by atoms with E-state index < -0.39 is 23.1 Å². The number of carbonyl (C=O) groups excluding carboxylic acids is 3. The van der Waals surface area contributed by atoms with E-state index in [0.717, 1.165) is 18.4 Å². The number of allylic oxidation sites excluding steroid dienone is 1. The number of carbonyl (C=O) groups is 3. The summed E-state index contributed by atoms with van der Waals surface area (Å²) in [7, 11) is 1.52. The lowest BCUT2D eigenvalue weighted by atomic mass is 10.1.